The molecular weight excluding hydrogens is 801 g/mol. The zero-order valence-corrected chi connectivity index (χ0v) is 35.2. The molecule has 0 unspecified atom stereocenters. The fraction of sp³-hybridized carbons (Fsp3) is 0.265. The number of hydrogen-bond acceptors (Lipinski definition) is 14. The molecule has 0 fully saturated rings. The third-order valence-corrected chi connectivity index (χ3v) is 9.51. The van der Waals surface area contributed by atoms with E-state index in [2.05, 4.69) is 10.2 Å². The average Bonchev–Trinajstić information content (AvgIpc) is 3.32. The van der Waals surface area contributed by atoms with Gasteiger partial charge in [0.05, 0.1) is 26.4 Å². The van der Waals surface area contributed by atoms with Crippen LogP contribution in [-0.2, 0) is 18.9 Å². The van der Waals surface area contributed by atoms with E-state index in [0.29, 0.717) is 87.3 Å². The number of rotatable bonds is 22. The molecule has 0 N–H and O–H groups in total. The zero-order chi connectivity index (χ0) is 42.9. The molecule has 63 heavy (non-hydrogen) atoms. The molecule has 0 atom stereocenters. The van der Waals surface area contributed by atoms with E-state index in [1.807, 2.05) is 121 Å². The molecule has 0 radical (unpaired) electrons. The summed E-state index contributed by atoms with van der Waals surface area (Å²) in [6.45, 7) is 3.76. The maximum Gasteiger partial charge on any atom is 0.182 e. The summed E-state index contributed by atoms with van der Waals surface area (Å²) in [6, 6.07) is 38.6. The van der Waals surface area contributed by atoms with Gasteiger partial charge in [-0.05, 0) is 97.1 Å². The third kappa shape index (κ3) is 12.2. The highest BCUT2D eigenvalue weighted by molar-refractivity contribution is 5.81. The average molecular weight is 853 g/mol. The summed E-state index contributed by atoms with van der Waals surface area (Å²) < 4.78 is 43.7. The Morgan fingerprint density at radius 3 is 0.778 bits per heavy atom. The van der Waals surface area contributed by atoms with Crippen LogP contribution in [0.15, 0.2) is 121 Å². The van der Waals surface area contributed by atoms with Gasteiger partial charge in [0.15, 0.2) is 11.6 Å². The van der Waals surface area contributed by atoms with Gasteiger partial charge in [-0.25, -0.2) is 9.97 Å². The number of nitrogens with zero attached hydrogens (tertiary/aromatic N) is 6. The summed E-state index contributed by atoms with van der Waals surface area (Å²) in [5, 5.41) is 18.6. The molecular formula is C49H52N6O8. The van der Waals surface area contributed by atoms with Crippen LogP contribution in [0.2, 0.25) is 0 Å². The van der Waals surface area contributed by atoms with Crippen molar-refractivity contribution in [3.05, 3.63) is 121 Å². The topological polar surface area (TPSA) is 151 Å². The van der Waals surface area contributed by atoms with Gasteiger partial charge in [0.2, 0.25) is 0 Å². The lowest BCUT2D eigenvalue weighted by Gasteiger charge is -2.13. The summed E-state index contributed by atoms with van der Waals surface area (Å²) in [5.74, 6) is 3.80. The molecule has 7 rings (SSSR count). The maximum atomic E-state index is 5.82. The van der Waals surface area contributed by atoms with Crippen molar-refractivity contribution < 1.29 is 37.9 Å². The smallest absolute Gasteiger partial charge is 0.182 e. The number of methoxy groups -OCH3 is 4. The Kier molecular flexibility index (Phi) is 17.0. The van der Waals surface area contributed by atoms with Crippen LogP contribution in [0, 0.1) is 0 Å². The first-order valence-electron chi connectivity index (χ1n) is 20.1. The Hall–Kier alpha value is -6.84. The number of hydrogen-bond donors (Lipinski definition) is 0. The molecule has 14 heteroatoms. The molecule has 0 aliphatic heterocycles. The van der Waals surface area contributed by atoms with Crippen LogP contribution in [0.4, 0.5) is 0 Å². The molecule has 2 aromatic heterocycles. The summed E-state index contributed by atoms with van der Waals surface area (Å²) >= 11 is 0. The van der Waals surface area contributed by atoms with Crippen LogP contribution in [0.3, 0.4) is 0 Å². The first-order valence-corrected chi connectivity index (χ1v) is 20.1. The highest BCUT2D eigenvalue weighted by Crippen LogP contribution is 2.35. The number of aromatic nitrogens is 6. The van der Waals surface area contributed by atoms with Crippen molar-refractivity contribution in [2.24, 2.45) is 0 Å². The van der Waals surface area contributed by atoms with E-state index in [4.69, 9.17) is 58.1 Å². The fourth-order valence-electron chi connectivity index (χ4n) is 6.26. The molecule has 0 spiro atoms. The van der Waals surface area contributed by atoms with Crippen LogP contribution in [0.25, 0.3) is 67.8 Å². The quantitative estimate of drug-likeness (QED) is 0.0598. The normalized spacial score (nSPS) is 10.9. The van der Waals surface area contributed by atoms with Gasteiger partial charge in [0.25, 0.3) is 0 Å². The van der Waals surface area contributed by atoms with Gasteiger partial charge < -0.3 is 37.9 Å². The molecule has 0 saturated heterocycles. The highest BCUT2D eigenvalue weighted by atomic mass is 16.5. The van der Waals surface area contributed by atoms with Crippen LogP contribution in [0.1, 0.15) is 7.43 Å². The van der Waals surface area contributed by atoms with Crippen molar-refractivity contribution >= 4 is 0 Å². The minimum absolute atomic E-state index is 0. The molecule has 5 aromatic carbocycles. The molecule has 0 saturated carbocycles. The largest absolute Gasteiger partial charge is 0.491 e. The van der Waals surface area contributed by atoms with Crippen molar-refractivity contribution in [2.45, 2.75) is 7.43 Å². The van der Waals surface area contributed by atoms with E-state index in [9.17, 15) is 0 Å². The molecule has 2 heterocycles. The van der Waals surface area contributed by atoms with Crippen molar-refractivity contribution in [1.29, 1.82) is 0 Å². The summed E-state index contributed by atoms with van der Waals surface area (Å²) in [5.41, 5.74) is 7.46. The lowest BCUT2D eigenvalue weighted by Crippen LogP contribution is -2.04. The van der Waals surface area contributed by atoms with Gasteiger partial charge in [-0.3, -0.25) is 0 Å². The van der Waals surface area contributed by atoms with E-state index in [-0.39, 0.29) is 7.43 Å². The van der Waals surface area contributed by atoms with Gasteiger partial charge in [0, 0.05) is 61.8 Å². The van der Waals surface area contributed by atoms with E-state index in [1.54, 1.807) is 28.4 Å². The molecule has 0 aliphatic rings. The first kappa shape index (κ1) is 45.7. The molecule has 326 valence electrons. The Balaban J connectivity index is 0.00000661. The molecule has 14 nitrogen and oxygen atoms in total. The number of ether oxygens (including phenoxy) is 8. The maximum absolute atomic E-state index is 5.82. The monoisotopic (exact) mass is 852 g/mol. The SMILES string of the molecule is C.COCCOc1ccc(-c2nnc(-c3ccc(-c4nnc(-c5ccc(OCCOC)cc5)c(-c5ccc(OCCOC)cc5)n4)cc3)nc2-c2ccc(OCCOC)cc2)cc1. The Bertz CT molecular complexity index is 2280. The van der Waals surface area contributed by atoms with Crippen LogP contribution in [-0.4, -0.2) is 112 Å². The third-order valence-electron chi connectivity index (χ3n) is 9.51. The lowest BCUT2D eigenvalue weighted by atomic mass is 10.0. The van der Waals surface area contributed by atoms with Crippen molar-refractivity contribution in [3.8, 4) is 90.8 Å². The van der Waals surface area contributed by atoms with E-state index < -0.39 is 0 Å². The first-order chi connectivity index (χ1) is 30.6. The van der Waals surface area contributed by atoms with Crippen molar-refractivity contribution in [3.63, 3.8) is 0 Å². The minimum atomic E-state index is 0. The van der Waals surface area contributed by atoms with E-state index in [1.165, 1.54) is 0 Å². The van der Waals surface area contributed by atoms with Gasteiger partial charge in [0.1, 0.15) is 72.2 Å². The molecule has 0 bridgehead atoms. The van der Waals surface area contributed by atoms with Gasteiger partial charge >= 0.3 is 0 Å². The van der Waals surface area contributed by atoms with E-state index >= 15 is 0 Å². The standard InChI is InChI=1S/C48H48N6O8.CH4/c1-55-25-29-59-39-17-9-33(10-18-39)43-45(35-13-21-41(22-14-35)61-31-27-57-3)51-53-47(49-43)37-5-7-38(8-6-37)48-50-44(34-11-19-40(20-12-34)60-30-26-56-2)46(52-54-48)36-15-23-42(24-16-36)62-32-28-58-4;/h5-24H,25-32H2,1-4H3;1H4. The summed E-state index contributed by atoms with van der Waals surface area (Å²) in [4.78, 5) is 10.2. The number of benzene rings is 5. The molecule has 0 aliphatic carbocycles. The van der Waals surface area contributed by atoms with Crippen LogP contribution >= 0.6 is 0 Å². The Morgan fingerprint density at radius 2 is 0.524 bits per heavy atom. The predicted octanol–water partition coefficient (Wildman–Crippen LogP) is 8.80. The van der Waals surface area contributed by atoms with Crippen molar-refractivity contribution in [2.75, 3.05) is 81.3 Å². The van der Waals surface area contributed by atoms with Crippen LogP contribution in [0.5, 0.6) is 23.0 Å². The van der Waals surface area contributed by atoms with Crippen molar-refractivity contribution in [1.82, 2.24) is 30.4 Å². The minimum Gasteiger partial charge on any atom is -0.491 e. The van der Waals surface area contributed by atoms with Crippen LogP contribution < -0.4 is 18.9 Å². The van der Waals surface area contributed by atoms with E-state index in [0.717, 1.165) is 56.4 Å². The lowest BCUT2D eigenvalue weighted by molar-refractivity contribution is 0.146. The van der Waals surface area contributed by atoms with Gasteiger partial charge in [-0.1, -0.05) is 31.7 Å². The molecule has 0 amide bonds. The van der Waals surface area contributed by atoms with Gasteiger partial charge in [-0.2, -0.15) is 0 Å². The summed E-state index contributed by atoms with van der Waals surface area (Å²) in [6.07, 6.45) is 0. The Labute approximate surface area is 368 Å². The molecule has 7 aromatic rings. The summed E-state index contributed by atoms with van der Waals surface area (Å²) in [7, 11) is 6.57. The fourth-order valence-corrected chi connectivity index (χ4v) is 6.26. The second kappa shape index (κ2) is 23.4. The second-order valence-corrected chi connectivity index (χ2v) is 13.7. The Morgan fingerprint density at radius 1 is 0.286 bits per heavy atom. The second-order valence-electron chi connectivity index (χ2n) is 13.7. The zero-order valence-electron chi connectivity index (χ0n) is 35.2. The predicted molar refractivity (Wildman–Crippen MR) is 242 cm³/mol. The van der Waals surface area contributed by atoms with Gasteiger partial charge in [-0.15, -0.1) is 20.4 Å². The highest BCUT2D eigenvalue weighted by Gasteiger charge is 2.18.